The molecule has 1 aromatic carbocycles. The molecule has 0 saturated carbocycles. The van der Waals surface area contributed by atoms with E-state index in [0.717, 1.165) is 5.69 Å². The van der Waals surface area contributed by atoms with Crippen molar-refractivity contribution in [3.63, 3.8) is 0 Å². The number of para-hydroxylation sites is 1. The lowest BCUT2D eigenvalue weighted by Crippen LogP contribution is -2.49. The Labute approximate surface area is 108 Å². The molecule has 0 spiro atoms. The maximum absolute atomic E-state index is 10.7. The normalized spacial score (nSPS) is 15.3. The fourth-order valence-electron chi connectivity index (χ4n) is 2.00. The van der Waals surface area contributed by atoms with Crippen molar-refractivity contribution in [1.29, 1.82) is 0 Å². The van der Waals surface area contributed by atoms with Crippen molar-refractivity contribution < 1.29 is 17.8 Å². The first kappa shape index (κ1) is 15.1. The Hall–Kier alpha value is -0.950. The van der Waals surface area contributed by atoms with E-state index < -0.39 is 10.1 Å². The third-order valence-electron chi connectivity index (χ3n) is 3.01. The lowest BCUT2D eigenvalue weighted by atomic mass is 10.2. The average molecular weight is 274 g/mol. The Morgan fingerprint density at radius 1 is 1.28 bits per heavy atom. The number of hydrogen-bond acceptors (Lipinski definition) is 3. The van der Waals surface area contributed by atoms with E-state index in [0.29, 0.717) is 19.5 Å². The molecule has 1 rings (SSSR count). The van der Waals surface area contributed by atoms with Gasteiger partial charge in [0, 0.05) is 18.6 Å². The van der Waals surface area contributed by atoms with Gasteiger partial charge in [-0.05, 0) is 6.92 Å². The summed E-state index contributed by atoms with van der Waals surface area (Å²) < 4.78 is 30.5. The van der Waals surface area contributed by atoms with Crippen LogP contribution in [0.4, 0.5) is 5.69 Å². The van der Waals surface area contributed by atoms with Gasteiger partial charge >= 0.3 is 0 Å². The zero-order valence-electron chi connectivity index (χ0n) is 10.7. The second kappa shape index (κ2) is 6.29. The van der Waals surface area contributed by atoms with E-state index in [9.17, 15) is 8.42 Å². The highest BCUT2D eigenvalue weighted by molar-refractivity contribution is 7.85. The summed E-state index contributed by atoms with van der Waals surface area (Å²) in [6.45, 7) is 3.16. The molecule has 1 unspecified atom stereocenters. The van der Waals surface area contributed by atoms with Crippen LogP contribution in [-0.2, 0) is 15.0 Å². The number of benzene rings is 1. The number of rotatable bonds is 7. The van der Waals surface area contributed by atoms with E-state index in [1.54, 1.807) is 7.11 Å². The minimum atomic E-state index is -3.91. The van der Waals surface area contributed by atoms with Gasteiger partial charge in [-0.25, -0.2) is 4.84 Å². The van der Waals surface area contributed by atoms with Crippen molar-refractivity contribution in [3.05, 3.63) is 30.3 Å². The van der Waals surface area contributed by atoms with Crippen molar-refractivity contribution in [2.75, 3.05) is 26.0 Å². The molecule has 102 valence electrons. The Kier molecular flexibility index (Phi) is 5.28. The van der Waals surface area contributed by atoms with Gasteiger partial charge in [0.2, 0.25) is 0 Å². The van der Waals surface area contributed by atoms with E-state index in [1.807, 2.05) is 37.3 Å². The van der Waals surface area contributed by atoms with Gasteiger partial charge in [-0.15, -0.1) is 4.65 Å². The highest BCUT2D eigenvalue weighted by Crippen LogP contribution is 2.23. The molecule has 1 atom stereocenters. The van der Waals surface area contributed by atoms with Crippen LogP contribution in [0.1, 0.15) is 13.3 Å². The van der Waals surface area contributed by atoms with Crippen LogP contribution in [0.2, 0.25) is 0 Å². The first-order valence-electron chi connectivity index (χ1n) is 5.87. The third kappa shape index (κ3) is 4.06. The Balaban J connectivity index is 2.82. The van der Waals surface area contributed by atoms with Gasteiger partial charge in [-0.1, -0.05) is 18.2 Å². The fraction of sp³-hybridized carbons (Fsp3) is 0.500. The van der Waals surface area contributed by atoms with Crippen molar-refractivity contribution in [1.82, 2.24) is 4.65 Å². The summed E-state index contributed by atoms with van der Waals surface area (Å²) in [5.74, 6) is -0.247. The molecule has 1 aromatic rings. The summed E-state index contributed by atoms with van der Waals surface area (Å²) in [6, 6.07) is 9.64. The second-order valence-electron chi connectivity index (χ2n) is 4.09. The van der Waals surface area contributed by atoms with Gasteiger partial charge in [0.05, 0.1) is 12.9 Å². The van der Waals surface area contributed by atoms with E-state index in [2.05, 4.69) is 0 Å². The second-order valence-corrected chi connectivity index (χ2v) is 5.66. The molecule has 0 amide bonds. The fourth-order valence-corrected chi connectivity index (χ4v) is 2.49. The summed E-state index contributed by atoms with van der Waals surface area (Å²) in [6.07, 6.45) is 0.343. The molecule has 0 fully saturated rings. The van der Waals surface area contributed by atoms with Gasteiger partial charge in [0.25, 0.3) is 10.1 Å². The maximum Gasteiger partial charge on any atom is 0.265 e. The summed E-state index contributed by atoms with van der Waals surface area (Å²) in [4.78, 5) is 5.55. The lowest BCUT2D eigenvalue weighted by molar-refractivity contribution is -0.116. The summed E-state index contributed by atoms with van der Waals surface area (Å²) in [5, 5.41) is 0. The molecule has 0 saturated heterocycles. The minimum Gasteiger partial charge on any atom is -0.286 e. The van der Waals surface area contributed by atoms with E-state index in [-0.39, 0.29) is 10.4 Å². The number of quaternary nitrogens is 1. The third-order valence-corrected chi connectivity index (χ3v) is 3.81. The first-order chi connectivity index (χ1) is 8.43. The topological polar surface area (TPSA) is 63.6 Å². The summed E-state index contributed by atoms with van der Waals surface area (Å²) in [5.41, 5.74) is 0.970. The molecule has 18 heavy (non-hydrogen) atoms. The van der Waals surface area contributed by atoms with Crippen LogP contribution < -0.4 is 4.65 Å². The molecule has 0 heterocycles. The quantitative estimate of drug-likeness (QED) is 0.468. The molecule has 0 bridgehead atoms. The molecular weight excluding hydrogens is 254 g/mol. The number of hydrogen-bond donors (Lipinski definition) is 1. The maximum atomic E-state index is 10.7. The zero-order valence-corrected chi connectivity index (χ0v) is 11.6. The van der Waals surface area contributed by atoms with Crippen LogP contribution >= 0.6 is 0 Å². The number of hydroxylamine groups is 2. The Morgan fingerprint density at radius 3 is 2.33 bits per heavy atom. The van der Waals surface area contributed by atoms with Crippen LogP contribution in [0.5, 0.6) is 0 Å². The molecule has 1 N–H and O–H groups in total. The highest BCUT2D eigenvalue weighted by Gasteiger charge is 2.29. The lowest BCUT2D eigenvalue weighted by Gasteiger charge is -2.32. The van der Waals surface area contributed by atoms with Crippen molar-refractivity contribution >= 4 is 15.8 Å². The largest absolute Gasteiger partial charge is 0.286 e. The Morgan fingerprint density at radius 2 is 1.89 bits per heavy atom. The van der Waals surface area contributed by atoms with Gasteiger partial charge < -0.3 is 0 Å². The van der Waals surface area contributed by atoms with Crippen LogP contribution in [0.15, 0.2) is 30.3 Å². The van der Waals surface area contributed by atoms with Gasteiger partial charge in [-0.3, -0.25) is 4.55 Å². The van der Waals surface area contributed by atoms with E-state index >= 15 is 0 Å². The SMILES string of the molecule is CC[N+](CCCS(=O)(=O)O)(OC)c1ccccc1. The molecule has 0 aromatic heterocycles. The highest BCUT2D eigenvalue weighted by atomic mass is 32.2. The molecule has 6 heteroatoms. The van der Waals surface area contributed by atoms with E-state index in [4.69, 9.17) is 9.39 Å². The monoisotopic (exact) mass is 274 g/mol. The van der Waals surface area contributed by atoms with Crippen molar-refractivity contribution in [2.45, 2.75) is 13.3 Å². The van der Waals surface area contributed by atoms with Gasteiger partial charge in [0.15, 0.2) is 5.69 Å². The van der Waals surface area contributed by atoms with Gasteiger partial charge in [0.1, 0.15) is 13.1 Å². The molecule has 5 nitrogen and oxygen atoms in total. The molecular formula is C12H20NO4S+. The first-order valence-corrected chi connectivity index (χ1v) is 7.48. The average Bonchev–Trinajstić information content (AvgIpc) is 2.35. The van der Waals surface area contributed by atoms with E-state index in [1.165, 1.54) is 0 Å². The van der Waals surface area contributed by atoms with Crippen LogP contribution in [0.3, 0.4) is 0 Å². The smallest absolute Gasteiger partial charge is 0.265 e. The standard InChI is InChI=1S/C12H19NO4S/c1-3-13(17-2,10-7-11-18(14,15)16)12-8-5-4-6-9-12/h4-6,8-9H,3,7,10-11H2,1-2H3/p+1. The van der Waals surface area contributed by atoms with Gasteiger partial charge in [-0.2, -0.15) is 8.42 Å². The Bertz CT molecular complexity index is 454. The molecule has 0 radical (unpaired) electrons. The van der Waals surface area contributed by atoms with Crippen LogP contribution in [-0.4, -0.2) is 38.9 Å². The summed E-state index contributed by atoms with van der Waals surface area (Å²) in [7, 11) is -2.31. The minimum absolute atomic E-state index is 0.246. The molecule has 0 aliphatic carbocycles. The zero-order chi connectivity index (χ0) is 13.6. The van der Waals surface area contributed by atoms with Crippen LogP contribution in [0.25, 0.3) is 0 Å². The van der Waals surface area contributed by atoms with Crippen LogP contribution in [0, 0.1) is 0 Å². The molecule has 0 aliphatic heterocycles. The van der Waals surface area contributed by atoms with Crippen molar-refractivity contribution in [3.8, 4) is 0 Å². The number of nitrogens with zero attached hydrogens (tertiary/aromatic N) is 1. The predicted molar refractivity (Wildman–Crippen MR) is 71.7 cm³/mol. The van der Waals surface area contributed by atoms with Crippen molar-refractivity contribution in [2.24, 2.45) is 0 Å². The molecule has 0 aliphatic rings. The summed E-state index contributed by atoms with van der Waals surface area (Å²) >= 11 is 0. The predicted octanol–water partition coefficient (Wildman–Crippen LogP) is 1.85.